The van der Waals surface area contributed by atoms with Gasteiger partial charge in [0.25, 0.3) is 10.0 Å². The van der Waals surface area contributed by atoms with Gasteiger partial charge in [0, 0.05) is 18.0 Å². The summed E-state index contributed by atoms with van der Waals surface area (Å²) in [7, 11) is -2.24. The highest BCUT2D eigenvalue weighted by Crippen LogP contribution is 2.30. The summed E-state index contributed by atoms with van der Waals surface area (Å²) < 4.78 is 35.7. The predicted octanol–water partition coefficient (Wildman–Crippen LogP) is 4.50. The molecule has 0 bridgehead atoms. The van der Waals surface area contributed by atoms with Gasteiger partial charge >= 0.3 is 0 Å². The number of ether oxygens (including phenoxy) is 1. The number of anilines is 1. The molecule has 8 heteroatoms. The van der Waals surface area contributed by atoms with E-state index in [1.54, 1.807) is 43.8 Å². The van der Waals surface area contributed by atoms with E-state index in [0.717, 1.165) is 11.1 Å². The summed E-state index contributed by atoms with van der Waals surface area (Å²) in [4.78, 5) is 4.31. The van der Waals surface area contributed by atoms with E-state index in [2.05, 4.69) is 35.6 Å². The Hall–Kier alpha value is -3.39. The molecule has 0 aliphatic carbocycles. The average Bonchev–Trinajstić information content (AvgIpc) is 3.20. The first-order valence-electron chi connectivity index (χ1n) is 9.79. The van der Waals surface area contributed by atoms with Crippen LogP contribution in [-0.4, -0.2) is 30.1 Å². The lowest BCUT2D eigenvalue weighted by molar-refractivity contribution is 0.417. The van der Waals surface area contributed by atoms with Crippen molar-refractivity contribution >= 4 is 21.4 Å². The third-order valence-electron chi connectivity index (χ3n) is 5.03. The SMILES string of the molecule is COc1ccc(NS(=O)(=O)c2ccc(C(C)(C)C)cc2)n2nc(-c3cccnc3)cc12. The molecule has 160 valence electrons. The lowest BCUT2D eigenvalue weighted by atomic mass is 9.87. The van der Waals surface area contributed by atoms with E-state index in [0.29, 0.717) is 22.8 Å². The molecule has 3 aromatic heterocycles. The third kappa shape index (κ3) is 4.11. The van der Waals surface area contributed by atoms with Gasteiger partial charge in [-0.05, 0) is 53.4 Å². The largest absolute Gasteiger partial charge is 0.494 e. The zero-order valence-electron chi connectivity index (χ0n) is 17.8. The van der Waals surface area contributed by atoms with Gasteiger partial charge < -0.3 is 4.74 Å². The molecule has 4 rings (SSSR count). The number of hydrogen-bond acceptors (Lipinski definition) is 5. The highest BCUT2D eigenvalue weighted by molar-refractivity contribution is 7.92. The number of pyridine rings is 2. The number of rotatable bonds is 5. The Morgan fingerprint density at radius 2 is 1.77 bits per heavy atom. The van der Waals surface area contributed by atoms with E-state index >= 15 is 0 Å². The van der Waals surface area contributed by atoms with Crippen LogP contribution in [0, 0.1) is 0 Å². The molecule has 0 fully saturated rings. The minimum Gasteiger partial charge on any atom is -0.494 e. The summed E-state index contributed by atoms with van der Waals surface area (Å²) in [6, 6.07) is 15.8. The summed E-state index contributed by atoms with van der Waals surface area (Å²) >= 11 is 0. The molecule has 31 heavy (non-hydrogen) atoms. The first-order chi connectivity index (χ1) is 14.7. The van der Waals surface area contributed by atoms with Gasteiger partial charge in [-0.1, -0.05) is 32.9 Å². The van der Waals surface area contributed by atoms with Gasteiger partial charge in [-0.2, -0.15) is 5.10 Å². The van der Waals surface area contributed by atoms with Crippen molar-refractivity contribution in [2.75, 3.05) is 11.8 Å². The molecule has 1 aromatic carbocycles. The van der Waals surface area contributed by atoms with E-state index in [4.69, 9.17) is 4.74 Å². The Morgan fingerprint density at radius 1 is 1.03 bits per heavy atom. The van der Waals surface area contributed by atoms with Crippen molar-refractivity contribution in [3.8, 4) is 17.0 Å². The second-order valence-corrected chi connectivity index (χ2v) is 9.92. The Bertz CT molecular complexity index is 1320. The van der Waals surface area contributed by atoms with Crippen LogP contribution in [-0.2, 0) is 15.4 Å². The maximum Gasteiger partial charge on any atom is 0.263 e. The molecule has 7 nitrogen and oxygen atoms in total. The van der Waals surface area contributed by atoms with Crippen molar-refractivity contribution in [3.05, 3.63) is 72.6 Å². The van der Waals surface area contributed by atoms with Crippen molar-refractivity contribution < 1.29 is 13.2 Å². The van der Waals surface area contributed by atoms with Crippen molar-refractivity contribution in [1.29, 1.82) is 0 Å². The second-order valence-electron chi connectivity index (χ2n) is 8.24. The van der Waals surface area contributed by atoms with Gasteiger partial charge in [-0.3, -0.25) is 9.71 Å². The molecule has 0 amide bonds. The van der Waals surface area contributed by atoms with Gasteiger partial charge in [0.2, 0.25) is 0 Å². The van der Waals surface area contributed by atoms with Gasteiger partial charge in [0.1, 0.15) is 17.1 Å². The van der Waals surface area contributed by atoms with Crippen molar-refractivity contribution in [3.63, 3.8) is 0 Å². The fourth-order valence-electron chi connectivity index (χ4n) is 3.29. The lowest BCUT2D eigenvalue weighted by Crippen LogP contribution is -2.16. The topological polar surface area (TPSA) is 85.6 Å². The molecule has 0 aliphatic rings. The molecular weight excluding hydrogens is 412 g/mol. The smallest absolute Gasteiger partial charge is 0.263 e. The Morgan fingerprint density at radius 3 is 2.39 bits per heavy atom. The summed E-state index contributed by atoms with van der Waals surface area (Å²) in [5, 5.41) is 4.59. The molecule has 1 N–H and O–H groups in total. The quantitative estimate of drug-likeness (QED) is 0.498. The molecule has 0 unspecified atom stereocenters. The van der Waals surface area contributed by atoms with Gasteiger partial charge in [0.15, 0.2) is 0 Å². The van der Waals surface area contributed by atoms with E-state index < -0.39 is 10.0 Å². The Labute approximate surface area is 181 Å². The molecule has 0 aliphatic heterocycles. The number of nitrogens with one attached hydrogen (secondary N) is 1. The van der Waals surface area contributed by atoms with Crippen LogP contribution in [0.2, 0.25) is 0 Å². The van der Waals surface area contributed by atoms with Crippen LogP contribution in [0.25, 0.3) is 16.8 Å². The fourth-order valence-corrected chi connectivity index (χ4v) is 4.33. The van der Waals surface area contributed by atoms with Gasteiger partial charge in [-0.25, -0.2) is 12.9 Å². The molecule has 4 aromatic rings. The van der Waals surface area contributed by atoms with Crippen LogP contribution in [0.15, 0.2) is 71.9 Å². The zero-order valence-corrected chi connectivity index (χ0v) is 18.6. The Kier molecular flexibility index (Phi) is 5.18. The predicted molar refractivity (Wildman–Crippen MR) is 121 cm³/mol. The summed E-state index contributed by atoms with van der Waals surface area (Å²) in [5.41, 5.74) is 3.12. The number of sulfonamides is 1. The first-order valence-corrected chi connectivity index (χ1v) is 11.3. The normalized spacial score (nSPS) is 12.1. The number of hydrogen-bond donors (Lipinski definition) is 1. The molecular formula is C23H24N4O3S. The Balaban J connectivity index is 1.75. The van der Waals surface area contributed by atoms with Crippen LogP contribution in [0.5, 0.6) is 5.75 Å². The molecule has 0 saturated carbocycles. The van der Waals surface area contributed by atoms with E-state index in [9.17, 15) is 8.42 Å². The van der Waals surface area contributed by atoms with E-state index in [1.165, 1.54) is 4.52 Å². The monoisotopic (exact) mass is 436 g/mol. The maximum absolute atomic E-state index is 13.0. The van der Waals surface area contributed by atoms with Crippen molar-refractivity contribution in [2.45, 2.75) is 31.1 Å². The highest BCUT2D eigenvalue weighted by Gasteiger charge is 2.20. The molecule has 0 spiro atoms. The number of fused-ring (bicyclic) bond motifs is 1. The fraction of sp³-hybridized carbons (Fsp3) is 0.217. The number of nitrogens with zero attached hydrogens (tertiary/aromatic N) is 3. The minimum atomic E-state index is -3.81. The van der Waals surface area contributed by atoms with E-state index in [1.807, 2.05) is 30.3 Å². The van der Waals surface area contributed by atoms with Crippen LogP contribution in [0.3, 0.4) is 0 Å². The van der Waals surface area contributed by atoms with Gasteiger partial charge in [-0.15, -0.1) is 0 Å². The number of aromatic nitrogens is 3. The number of benzene rings is 1. The summed E-state index contributed by atoms with van der Waals surface area (Å²) in [5.74, 6) is 0.894. The highest BCUT2D eigenvalue weighted by atomic mass is 32.2. The van der Waals surface area contributed by atoms with Gasteiger partial charge in [0.05, 0.1) is 17.7 Å². The molecule has 0 saturated heterocycles. The lowest BCUT2D eigenvalue weighted by Gasteiger charge is -2.19. The second kappa shape index (κ2) is 7.70. The molecule has 3 heterocycles. The standard InChI is InChI=1S/C23H24N4O3S/c1-23(2,3)17-7-9-18(10-8-17)31(28,29)26-22-12-11-21(30-4)20-14-19(25-27(20)22)16-6-5-13-24-15-16/h5-15,26H,1-4H3. The van der Waals surface area contributed by atoms with Crippen LogP contribution in [0.4, 0.5) is 5.82 Å². The molecule has 0 atom stereocenters. The van der Waals surface area contributed by atoms with E-state index in [-0.39, 0.29) is 10.3 Å². The third-order valence-corrected chi connectivity index (χ3v) is 6.40. The summed E-state index contributed by atoms with van der Waals surface area (Å²) in [6.45, 7) is 6.25. The first kappa shape index (κ1) is 20.9. The van der Waals surface area contributed by atoms with Crippen LogP contribution < -0.4 is 9.46 Å². The maximum atomic E-state index is 13.0. The van der Waals surface area contributed by atoms with Crippen molar-refractivity contribution in [1.82, 2.24) is 14.6 Å². The van der Waals surface area contributed by atoms with Crippen molar-refractivity contribution in [2.24, 2.45) is 0 Å². The summed E-state index contributed by atoms with van der Waals surface area (Å²) in [6.07, 6.45) is 3.39. The zero-order chi connectivity index (χ0) is 22.2. The minimum absolute atomic E-state index is 0.0599. The average molecular weight is 437 g/mol. The van der Waals surface area contributed by atoms with Crippen LogP contribution in [0.1, 0.15) is 26.3 Å². The number of methoxy groups -OCH3 is 1. The molecule has 0 radical (unpaired) electrons. The van der Waals surface area contributed by atoms with Crippen LogP contribution >= 0.6 is 0 Å².